The number of ether oxygens (including phenoxy) is 1. The molecule has 0 fully saturated rings. The van der Waals surface area contributed by atoms with Gasteiger partial charge in [-0.25, -0.2) is 0 Å². The predicted octanol–water partition coefficient (Wildman–Crippen LogP) is 5.08. The van der Waals surface area contributed by atoms with Crippen LogP contribution in [0.1, 0.15) is 45.4 Å². The van der Waals surface area contributed by atoms with E-state index in [0.29, 0.717) is 31.4 Å². The number of imide groups is 1. The lowest BCUT2D eigenvalue weighted by Gasteiger charge is -2.15. The van der Waals surface area contributed by atoms with Crippen molar-refractivity contribution in [3.05, 3.63) is 11.8 Å². The van der Waals surface area contributed by atoms with Gasteiger partial charge in [-0.05, 0) is 19.3 Å². The third-order valence-electron chi connectivity index (χ3n) is 3.20. The first-order valence-corrected chi connectivity index (χ1v) is 10.9. The van der Waals surface area contributed by atoms with E-state index in [2.05, 4.69) is 5.92 Å². The molecule has 0 unspecified atom stereocenters. The summed E-state index contributed by atoms with van der Waals surface area (Å²) < 4.78 is 2.51. The van der Waals surface area contributed by atoms with E-state index in [1.54, 1.807) is 0 Å². The van der Waals surface area contributed by atoms with Gasteiger partial charge in [-0.1, -0.05) is 76.5 Å². The van der Waals surface area contributed by atoms with Crippen LogP contribution in [0.15, 0.2) is 11.8 Å². The minimum Gasteiger partial charge on any atom is -0.499 e. The Bertz CT molecular complexity index is 636. The first kappa shape index (κ1) is 31.6. The lowest BCUT2D eigenvalue weighted by Crippen LogP contribution is -2.33. The van der Waals surface area contributed by atoms with E-state index in [1.165, 1.54) is 13.2 Å². The molecule has 2 N–H and O–H groups in total. The maximum atomic E-state index is 11.7. The highest BCUT2D eigenvalue weighted by Crippen LogP contribution is 2.32. The SMILES string of the molecule is C#CCCC(N)=O.CCC(Cl)(Cl)Cl.COC1=CC(=O)N(C(=O)CCCC(Cl)(Cl)Cl)C1. The summed E-state index contributed by atoms with van der Waals surface area (Å²) in [5.74, 6) is 1.79. The zero-order valence-corrected chi connectivity index (χ0v) is 21.1. The fourth-order valence-corrected chi connectivity index (χ4v) is 2.00. The highest BCUT2D eigenvalue weighted by Gasteiger charge is 2.28. The molecule has 3 amide bonds. The van der Waals surface area contributed by atoms with Crippen LogP contribution in [-0.2, 0) is 19.1 Å². The molecule has 0 aromatic carbocycles. The van der Waals surface area contributed by atoms with Crippen molar-refractivity contribution in [3.63, 3.8) is 0 Å². The summed E-state index contributed by atoms with van der Waals surface area (Å²) in [6.45, 7) is 1.99. The number of amides is 3. The van der Waals surface area contributed by atoms with Crippen LogP contribution >= 0.6 is 69.6 Å². The van der Waals surface area contributed by atoms with Gasteiger partial charge in [-0.2, -0.15) is 0 Å². The van der Waals surface area contributed by atoms with Gasteiger partial charge in [0.05, 0.1) is 13.7 Å². The minimum absolute atomic E-state index is 0.171. The van der Waals surface area contributed by atoms with Crippen molar-refractivity contribution in [1.82, 2.24) is 4.90 Å². The molecule has 0 atom stereocenters. The molecule has 1 heterocycles. The van der Waals surface area contributed by atoms with Crippen LogP contribution in [0.2, 0.25) is 0 Å². The van der Waals surface area contributed by atoms with Gasteiger partial charge in [-0.3, -0.25) is 19.3 Å². The van der Waals surface area contributed by atoms with E-state index >= 15 is 0 Å². The number of alkyl halides is 6. The number of hydrogen-bond acceptors (Lipinski definition) is 4. The third-order valence-corrected chi connectivity index (χ3v) is 4.56. The molecule has 1 rings (SSSR count). The minimum atomic E-state index is -1.36. The van der Waals surface area contributed by atoms with Crippen LogP contribution < -0.4 is 5.73 Å². The molecule has 172 valence electrons. The Morgan fingerprint density at radius 3 is 2.03 bits per heavy atom. The fraction of sp³-hybridized carbons (Fsp3) is 0.611. The first-order chi connectivity index (χ1) is 13.7. The van der Waals surface area contributed by atoms with E-state index in [0.717, 1.165) is 4.90 Å². The topological polar surface area (TPSA) is 89.7 Å². The number of methoxy groups -OCH3 is 1. The van der Waals surface area contributed by atoms with Crippen LogP contribution in [0.25, 0.3) is 0 Å². The van der Waals surface area contributed by atoms with Gasteiger partial charge in [0.2, 0.25) is 11.8 Å². The number of halogens is 6. The van der Waals surface area contributed by atoms with Crippen molar-refractivity contribution in [1.29, 1.82) is 0 Å². The Hall–Kier alpha value is -0.550. The van der Waals surface area contributed by atoms with Gasteiger partial charge >= 0.3 is 0 Å². The van der Waals surface area contributed by atoms with E-state index in [4.69, 9.17) is 86.5 Å². The number of terminal acetylenes is 1. The van der Waals surface area contributed by atoms with Gasteiger partial charge in [0, 0.05) is 25.3 Å². The fourth-order valence-electron chi connectivity index (χ4n) is 1.60. The van der Waals surface area contributed by atoms with E-state index in [-0.39, 0.29) is 37.1 Å². The summed E-state index contributed by atoms with van der Waals surface area (Å²) >= 11 is 32.4. The standard InChI is InChI=1S/C10H12Cl3NO3.C5H7NO.C3H5Cl3/c1-17-7-5-9(16)14(6-7)8(15)3-2-4-10(11,12)13;1-2-3-4-5(6)7;1-2-3(4,5)6/h5H,2-4,6H2,1H3;1H,3-4H2,(H2,6,7);2H2,1H3. The summed E-state index contributed by atoms with van der Waals surface area (Å²) in [7, 11) is 1.45. The molecule has 1 aliphatic rings. The summed E-state index contributed by atoms with van der Waals surface area (Å²) in [6.07, 6.45) is 8.30. The first-order valence-electron chi connectivity index (χ1n) is 8.61. The van der Waals surface area contributed by atoms with Crippen LogP contribution in [0.5, 0.6) is 0 Å². The zero-order chi connectivity index (χ0) is 24.0. The number of carbonyl (C=O) groups excluding carboxylic acids is 3. The molecule has 0 aromatic rings. The summed E-state index contributed by atoms with van der Waals surface area (Å²) in [4.78, 5) is 34.1. The van der Waals surface area contributed by atoms with Crippen molar-refractivity contribution >= 4 is 87.3 Å². The highest BCUT2D eigenvalue weighted by molar-refractivity contribution is 6.67. The lowest BCUT2D eigenvalue weighted by molar-refractivity contribution is -0.140. The number of primary amides is 1. The molecule has 0 bridgehead atoms. The van der Waals surface area contributed by atoms with Gasteiger partial charge in [0.15, 0.2) is 7.59 Å². The van der Waals surface area contributed by atoms with E-state index < -0.39 is 7.59 Å². The maximum Gasteiger partial charge on any atom is 0.257 e. The summed E-state index contributed by atoms with van der Waals surface area (Å²) in [6, 6.07) is 0. The summed E-state index contributed by atoms with van der Waals surface area (Å²) in [5.41, 5.74) is 4.74. The molecular weight excluding hydrogens is 521 g/mol. The molecular formula is C18H24Cl6N2O4. The van der Waals surface area contributed by atoms with Gasteiger partial charge in [0.1, 0.15) is 5.76 Å². The quantitative estimate of drug-likeness (QED) is 0.373. The third kappa shape index (κ3) is 19.4. The Morgan fingerprint density at radius 2 is 1.73 bits per heavy atom. The number of hydrogen-bond donors (Lipinski definition) is 1. The molecule has 0 spiro atoms. The predicted molar refractivity (Wildman–Crippen MR) is 124 cm³/mol. The van der Waals surface area contributed by atoms with Crippen LogP contribution in [0.4, 0.5) is 0 Å². The van der Waals surface area contributed by atoms with Crippen molar-refractivity contribution < 1.29 is 19.1 Å². The molecule has 12 heteroatoms. The van der Waals surface area contributed by atoms with Crippen molar-refractivity contribution in [2.24, 2.45) is 5.73 Å². The molecule has 6 nitrogen and oxygen atoms in total. The molecule has 0 aromatic heterocycles. The van der Waals surface area contributed by atoms with Crippen LogP contribution in [-0.4, -0.2) is 43.9 Å². The average Bonchev–Trinajstić information content (AvgIpc) is 3.00. The molecule has 0 saturated carbocycles. The second kappa shape index (κ2) is 16.1. The molecule has 1 aliphatic heterocycles. The lowest BCUT2D eigenvalue weighted by atomic mass is 10.2. The van der Waals surface area contributed by atoms with E-state index in [1.807, 2.05) is 6.92 Å². The highest BCUT2D eigenvalue weighted by atomic mass is 35.6. The van der Waals surface area contributed by atoms with Gasteiger partial charge < -0.3 is 10.5 Å². The largest absolute Gasteiger partial charge is 0.499 e. The second-order valence-electron chi connectivity index (χ2n) is 5.74. The van der Waals surface area contributed by atoms with Gasteiger partial charge in [0.25, 0.3) is 5.91 Å². The number of rotatable bonds is 6. The average molecular weight is 545 g/mol. The normalized spacial score (nSPS) is 13.2. The zero-order valence-electron chi connectivity index (χ0n) is 16.5. The Balaban J connectivity index is 0. The van der Waals surface area contributed by atoms with Crippen molar-refractivity contribution in [2.45, 2.75) is 53.0 Å². The molecule has 0 radical (unpaired) electrons. The Labute approximate surface area is 207 Å². The number of nitrogens with zero attached hydrogens (tertiary/aromatic N) is 1. The van der Waals surface area contributed by atoms with Crippen LogP contribution in [0.3, 0.4) is 0 Å². The Morgan fingerprint density at radius 1 is 1.20 bits per heavy atom. The summed E-state index contributed by atoms with van der Waals surface area (Å²) in [5, 5.41) is 0. The molecule has 0 saturated heterocycles. The van der Waals surface area contributed by atoms with Crippen molar-refractivity contribution in [2.75, 3.05) is 13.7 Å². The van der Waals surface area contributed by atoms with Gasteiger partial charge in [-0.15, -0.1) is 12.3 Å². The number of nitrogens with two attached hydrogens (primary N) is 1. The Kier molecular flexibility index (Phi) is 17.0. The second-order valence-corrected chi connectivity index (χ2v) is 10.8. The van der Waals surface area contributed by atoms with Crippen LogP contribution in [0, 0.1) is 12.3 Å². The molecule has 0 aliphatic carbocycles. The maximum absolute atomic E-state index is 11.7. The monoisotopic (exact) mass is 542 g/mol. The number of carbonyl (C=O) groups is 3. The van der Waals surface area contributed by atoms with Crippen molar-refractivity contribution in [3.8, 4) is 12.3 Å². The molecule has 30 heavy (non-hydrogen) atoms. The van der Waals surface area contributed by atoms with E-state index in [9.17, 15) is 14.4 Å². The smallest absolute Gasteiger partial charge is 0.257 e.